The van der Waals surface area contributed by atoms with Gasteiger partial charge < -0.3 is 10.1 Å². The molecule has 4 nitrogen and oxygen atoms in total. The number of rotatable bonds is 7. The molecule has 0 radical (unpaired) electrons. The summed E-state index contributed by atoms with van der Waals surface area (Å²) in [5.74, 6) is 0.829. The van der Waals surface area contributed by atoms with E-state index in [0.29, 0.717) is 23.8 Å². The van der Waals surface area contributed by atoms with E-state index in [9.17, 15) is 4.79 Å². The zero-order valence-electron chi connectivity index (χ0n) is 15.5. The molecule has 0 unspecified atom stereocenters. The first-order chi connectivity index (χ1) is 12.5. The Bertz CT molecular complexity index is 761. The molecule has 2 N–H and O–H groups in total. The minimum absolute atomic E-state index is 0.259. The molecule has 1 atom stereocenters. The number of benzene rings is 2. The van der Waals surface area contributed by atoms with Crippen LogP contribution in [0.5, 0.6) is 5.75 Å². The predicted molar refractivity (Wildman–Crippen MR) is 111 cm³/mol. The van der Waals surface area contributed by atoms with E-state index in [4.69, 9.17) is 17.0 Å². The van der Waals surface area contributed by atoms with Gasteiger partial charge in [-0.1, -0.05) is 45.0 Å². The Morgan fingerprint density at radius 3 is 2.65 bits per heavy atom. The SMILES string of the molecule is CCCOc1cccc(C(=O)NC(=S)Nc2ccccc2[C@@H](C)CC)c1. The first-order valence-corrected chi connectivity index (χ1v) is 9.40. The highest BCUT2D eigenvalue weighted by molar-refractivity contribution is 7.80. The van der Waals surface area contributed by atoms with E-state index in [1.165, 1.54) is 5.56 Å². The Morgan fingerprint density at radius 2 is 1.92 bits per heavy atom. The number of hydrogen-bond acceptors (Lipinski definition) is 3. The van der Waals surface area contributed by atoms with Crippen molar-refractivity contribution in [2.75, 3.05) is 11.9 Å². The largest absolute Gasteiger partial charge is 0.494 e. The van der Waals surface area contributed by atoms with Crippen LogP contribution < -0.4 is 15.4 Å². The van der Waals surface area contributed by atoms with Crippen LogP contribution in [0, 0.1) is 0 Å². The standard InChI is InChI=1S/C21H26N2O2S/c1-4-13-25-17-10-8-9-16(14-17)20(24)23-21(26)22-19-12-7-6-11-18(19)15(3)5-2/h6-12,14-15H,4-5,13H2,1-3H3,(H2,22,23,24,26)/t15-/m0/s1. The zero-order valence-corrected chi connectivity index (χ0v) is 16.4. The number of nitrogens with one attached hydrogen (secondary N) is 2. The number of anilines is 1. The minimum Gasteiger partial charge on any atom is -0.494 e. The fourth-order valence-electron chi connectivity index (χ4n) is 2.54. The summed E-state index contributed by atoms with van der Waals surface area (Å²) in [4.78, 5) is 12.5. The lowest BCUT2D eigenvalue weighted by atomic mass is 9.97. The van der Waals surface area contributed by atoms with Crippen molar-refractivity contribution in [3.63, 3.8) is 0 Å². The lowest BCUT2D eigenvalue weighted by Gasteiger charge is -2.17. The van der Waals surface area contributed by atoms with Gasteiger partial charge in [0.25, 0.3) is 5.91 Å². The van der Waals surface area contributed by atoms with Gasteiger partial charge in [-0.25, -0.2) is 0 Å². The van der Waals surface area contributed by atoms with Crippen LogP contribution in [0.15, 0.2) is 48.5 Å². The highest BCUT2D eigenvalue weighted by Crippen LogP contribution is 2.26. The summed E-state index contributed by atoms with van der Waals surface area (Å²) in [5.41, 5.74) is 2.62. The van der Waals surface area contributed by atoms with Crippen LogP contribution >= 0.6 is 12.2 Å². The Balaban J connectivity index is 2.03. The highest BCUT2D eigenvalue weighted by Gasteiger charge is 2.12. The van der Waals surface area contributed by atoms with Crippen molar-refractivity contribution < 1.29 is 9.53 Å². The van der Waals surface area contributed by atoms with Crippen molar-refractivity contribution in [1.29, 1.82) is 0 Å². The molecule has 0 aliphatic heterocycles. The number of carbonyl (C=O) groups is 1. The first kappa shape index (κ1) is 19.9. The lowest BCUT2D eigenvalue weighted by Crippen LogP contribution is -2.34. The number of carbonyl (C=O) groups excluding carboxylic acids is 1. The van der Waals surface area contributed by atoms with Gasteiger partial charge in [0.05, 0.1) is 6.61 Å². The Morgan fingerprint density at radius 1 is 1.15 bits per heavy atom. The summed E-state index contributed by atoms with van der Waals surface area (Å²) < 4.78 is 5.57. The number of amides is 1. The van der Waals surface area contributed by atoms with Crippen molar-refractivity contribution in [2.45, 2.75) is 39.5 Å². The smallest absolute Gasteiger partial charge is 0.257 e. The average molecular weight is 371 g/mol. The molecule has 2 aromatic rings. The summed E-state index contributed by atoms with van der Waals surface area (Å²) in [6.45, 7) is 6.98. The van der Waals surface area contributed by atoms with Crippen LogP contribution in [0.2, 0.25) is 0 Å². The van der Waals surface area contributed by atoms with E-state index < -0.39 is 0 Å². The van der Waals surface area contributed by atoms with Gasteiger partial charge in [-0.15, -0.1) is 0 Å². The van der Waals surface area contributed by atoms with E-state index in [-0.39, 0.29) is 11.0 Å². The molecule has 0 aliphatic rings. The Hall–Kier alpha value is -2.40. The van der Waals surface area contributed by atoms with Gasteiger partial charge in [0.15, 0.2) is 5.11 Å². The van der Waals surface area contributed by atoms with Gasteiger partial charge in [0.2, 0.25) is 0 Å². The molecule has 138 valence electrons. The zero-order chi connectivity index (χ0) is 18.9. The summed E-state index contributed by atoms with van der Waals surface area (Å²) >= 11 is 5.32. The van der Waals surface area contributed by atoms with Crippen LogP contribution in [-0.4, -0.2) is 17.6 Å². The van der Waals surface area contributed by atoms with Crippen molar-refractivity contribution in [3.05, 3.63) is 59.7 Å². The van der Waals surface area contributed by atoms with Crippen molar-refractivity contribution in [3.8, 4) is 5.75 Å². The number of ether oxygens (including phenoxy) is 1. The second-order valence-electron chi connectivity index (χ2n) is 6.18. The lowest BCUT2D eigenvalue weighted by molar-refractivity contribution is 0.0977. The van der Waals surface area contributed by atoms with E-state index in [1.807, 2.05) is 31.2 Å². The Labute approximate surface area is 161 Å². The molecule has 0 bridgehead atoms. The first-order valence-electron chi connectivity index (χ1n) is 8.99. The van der Waals surface area contributed by atoms with Gasteiger partial charge in [-0.2, -0.15) is 0 Å². The third-order valence-corrected chi connectivity index (χ3v) is 4.35. The molecule has 1 amide bonds. The molecular weight excluding hydrogens is 344 g/mol. The third kappa shape index (κ3) is 5.56. The minimum atomic E-state index is -0.259. The van der Waals surface area contributed by atoms with Gasteiger partial charge in [-0.3, -0.25) is 10.1 Å². The van der Waals surface area contributed by atoms with Crippen LogP contribution in [0.4, 0.5) is 5.69 Å². The van der Waals surface area contributed by atoms with E-state index in [1.54, 1.807) is 18.2 Å². The summed E-state index contributed by atoms with van der Waals surface area (Å²) in [5, 5.41) is 6.16. The number of para-hydroxylation sites is 1. The van der Waals surface area contributed by atoms with E-state index >= 15 is 0 Å². The topological polar surface area (TPSA) is 50.4 Å². The molecule has 2 aromatic carbocycles. The fraction of sp³-hybridized carbons (Fsp3) is 0.333. The number of hydrogen-bond donors (Lipinski definition) is 2. The van der Waals surface area contributed by atoms with Gasteiger partial charge in [0, 0.05) is 11.3 Å². The average Bonchev–Trinajstić information content (AvgIpc) is 2.66. The molecule has 0 saturated heterocycles. The molecule has 26 heavy (non-hydrogen) atoms. The summed E-state index contributed by atoms with van der Waals surface area (Å²) in [6.07, 6.45) is 1.95. The highest BCUT2D eigenvalue weighted by atomic mass is 32.1. The van der Waals surface area contributed by atoms with Crippen LogP contribution in [0.1, 0.15) is 55.5 Å². The fourth-order valence-corrected chi connectivity index (χ4v) is 2.74. The molecule has 5 heteroatoms. The molecule has 0 aliphatic carbocycles. The van der Waals surface area contributed by atoms with Gasteiger partial charge in [-0.05, 0) is 60.8 Å². The molecule has 0 fully saturated rings. The van der Waals surface area contributed by atoms with Gasteiger partial charge in [0.1, 0.15) is 5.75 Å². The van der Waals surface area contributed by atoms with Crippen LogP contribution in [0.3, 0.4) is 0 Å². The maximum atomic E-state index is 12.5. The third-order valence-electron chi connectivity index (χ3n) is 4.15. The summed E-state index contributed by atoms with van der Waals surface area (Å²) in [7, 11) is 0. The maximum Gasteiger partial charge on any atom is 0.257 e. The maximum absolute atomic E-state index is 12.5. The second kappa shape index (κ2) is 9.92. The van der Waals surface area contributed by atoms with Crippen LogP contribution in [-0.2, 0) is 0 Å². The molecule has 2 rings (SSSR count). The van der Waals surface area contributed by atoms with E-state index in [2.05, 4.69) is 30.5 Å². The molecule has 0 heterocycles. The normalized spacial score (nSPS) is 11.5. The van der Waals surface area contributed by atoms with Crippen molar-refractivity contribution in [1.82, 2.24) is 5.32 Å². The quantitative estimate of drug-likeness (QED) is 0.665. The molecule has 0 saturated carbocycles. The Kier molecular flexibility index (Phi) is 7.60. The van der Waals surface area contributed by atoms with Crippen LogP contribution in [0.25, 0.3) is 0 Å². The predicted octanol–water partition coefficient (Wildman–Crippen LogP) is 5.12. The molecule has 0 spiro atoms. The monoisotopic (exact) mass is 370 g/mol. The van der Waals surface area contributed by atoms with Crippen molar-refractivity contribution >= 4 is 28.9 Å². The summed E-state index contributed by atoms with van der Waals surface area (Å²) in [6, 6.07) is 15.1. The second-order valence-corrected chi connectivity index (χ2v) is 6.59. The van der Waals surface area contributed by atoms with Crippen molar-refractivity contribution in [2.24, 2.45) is 0 Å². The number of thiocarbonyl (C=S) groups is 1. The van der Waals surface area contributed by atoms with Gasteiger partial charge >= 0.3 is 0 Å². The molecular formula is C21H26N2O2S. The van der Waals surface area contributed by atoms with E-state index in [0.717, 1.165) is 18.5 Å². The molecule has 0 aromatic heterocycles.